The molecule has 2 aromatic carbocycles. The maximum atomic E-state index is 12.6. The largest absolute Gasteiger partial charge is 0.497 e. The molecule has 1 amide bonds. The van der Waals surface area contributed by atoms with Gasteiger partial charge in [-0.2, -0.15) is 0 Å². The molecule has 1 unspecified atom stereocenters. The second-order valence-corrected chi connectivity index (χ2v) is 8.42. The minimum absolute atomic E-state index is 0.0110. The van der Waals surface area contributed by atoms with Crippen LogP contribution in [0.5, 0.6) is 5.75 Å². The molecular weight excluding hydrogens is 350 g/mol. The number of carbonyl (C=O) groups is 1. The van der Waals surface area contributed by atoms with Crippen LogP contribution in [0, 0.1) is 6.92 Å². The summed E-state index contributed by atoms with van der Waals surface area (Å²) in [7, 11) is 1.61. The molecule has 3 rings (SSSR count). The highest BCUT2D eigenvalue weighted by atomic mass is 16.5. The zero-order chi connectivity index (χ0) is 20.2. The van der Waals surface area contributed by atoms with E-state index in [0.717, 1.165) is 25.9 Å². The fourth-order valence-corrected chi connectivity index (χ4v) is 4.27. The monoisotopic (exact) mass is 381 g/mol. The number of nitrogens with one attached hydrogen (secondary N) is 1. The lowest BCUT2D eigenvalue weighted by Crippen LogP contribution is -2.45. The van der Waals surface area contributed by atoms with Gasteiger partial charge in [-0.25, -0.2) is 0 Å². The van der Waals surface area contributed by atoms with E-state index < -0.39 is 0 Å². The first-order valence-corrected chi connectivity index (χ1v) is 9.97. The summed E-state index contributed by atoms with van der Waals surface area (Å²) in [5.74, 6) is 0.624. The van der Waals surface area contributed by atoms with Crippen molar-refractivity contribution >= 4 is 5.91 Å². The lowest BCUT2D eigenvalue weighted by Gasteiger charge is -2.45. The van der Waals surface area contributed by atoms with Crippen LogP contribution in [-0.4, -0.2) is 31.8 Å². The predicted octanol–water partition coefficient (Wildman–Crippen LogP) is 4.65. The number of hydrogen-bond acceptors (Lipinski definition) is 3. The van der Waals surface area contributed by atoms with Crippen molar-refractivity contribution in [1.82, 2.24) is 5.32 Å². The zero-order valence-electron chi connectivity index (χ0n) is 17.4. The molecule has 28 heavy (non-hydrogen) atoms. The zero-order valence-corrected chi connectivity index (χ0v) is 17.4. The number of hydrogen-bond donors (Lipinski definition) is 1. The molecule has 1 fully saturated rings. The Labute approximate surface area is 168 Å². The van der Waals surface area contributed by atoms with E-state index >= 15 is 0 Å². The predicted molar refractivity (Wildman–Crippen MR) is 112 cm³/mol. The van der Waals surface area contributed by atoms with Crippen molar-refractivity contribution in [2.24, 2.45) is 0 Å². The average Bonchev–Trinajstić information content (AvgIpc) is 2.67. The summed E-state index contributed by atoms with van der Waals surface area (Å²) in [6, 6.07) is 16.1. The molecule has 0 bridgehead atoms. The summed E-state index contributed by atoms with van der Waals surface area (Å²) in [6.45, 7) is 7.79. The highest BCUT2D eigenvalue weighted by Crippen LogP contribution is 2.43. The Morgan fingerprint density at radius 1 is 1.18 bits per heavy atom. The topological polar surface area (TPSA) is 47.6 Å². The third-order valence-corrected chi connectivity index (χ3v) is 5.72. The Balaban J connectivity index is 1.73. The lowest BCUT2D eigenvalue weighted by atomic mass is 9.67. The van der Waals surface area contributed by atoms with Gasteiger partial charge in [0.25, 0.3) is 5.91 Å². The van der Waals surface area contributed by atoms with Crippen LogP contribution in [0.2, 0.25) is 0 Å². The molecule has 0 spiro atoms. The van der Waals surface area contributed by atoms with Gasteiger partial charge >= 0.3 is 0 Å². The first-order chi connectivity index (χ1) is 13.3. The van der Waals surface area contributed by atoms with E-state index in [4.69, 9.17) is 9.47 Å². The summed E-state index contributed by atoms with van der Waals surface area (Å²) in [5, 5.41) is 3.10. The van der Waals surface area contributed by atoms with Crippen molar-refractivity contribution < 1.29 is 14.3 Å². The van der Waals surface area contributed by atoms with E-state index in [1.165, 1.54) is 11.1 Å². The van der Waals surface area contributed by atoms with Gasteiger partial charge in [-0.05, 0) is 63.8 Å². The Morgan fingerprint density at radius 2 is 1.93 bits per heavy atom. The van der Waals surface area contributed by atoms with Crippen LogP contribution in [-0.2, 0) is 10.2 Å². The van der Waals surface area contributed by atoms with Crippen LogP contribution in [0.15, 0.2) is 48.5 Å². The molecule has 150 valence electrons. The maximum absolute atomic E-state index is 12.6. The van der Waals surface area contributed by atoms with Gasteiger partial charge in [0, 0.05) is 24.1 Å². The molecule has 0 radical (unpaired) electrons. The van der Waals surface area contributed by atoms with E-state index in [1.807, 2.05) is 18.2 Å². The summed E-state index contributed by atoms with van der Waals surface area (Å²) < 4.78 is 11.2. The second kappa shape index (κ2) is 8.36. The van der Waals surface area contributed by atoms with Crippen molar-refractivity contribution in [2.75, 3.05) is 20.3 Å². The number of methoxy groups -OCH3 is 1. The van der Waals surface area contributed by atoms with E-state index in [1.54, 1.807) is 13.2 Å². The third kappa shape index (κ3) is 4.74. The van der Waals surface area contributed by atoms with Gasteiger partial charge in [-0.3, -0.25) is 4.79 Å². The standard InChI is InChI=1S/C24H31NO3/c1-18-8-10-20(11-9-18)24(13-15-28-23(2,3)17-24)12-14-25-22(26)19-6-5-7-21(16-19)27-4/h5-11,16H,12-15,17H2,1-4H3,(H,25,26). The lowest BCUT2D eigenvalue weighted by molar-refractivity contribution is -0.0838. The van der Waals surface area contributed by atoms with Crippen LogP contribution in [0.3, 0.4) is 0 Å². The molecule has 0 saturated carbocycles. The van der Waals surface area contributed by atoms with Crippen molar-refractivity contribution in [3.8, 4) is 5.75 Å². The van der Waals surface area contributed by atoms with Crippen LogP contribution in [0.1, 0.15) is 54.6 Å². The van der Waals surface area contributed by atoms with Gasteiger partial charge in [-0.1, -0.05) is 35.9 Å². The number of benzene rings is 2. The molecule has 1 aliphatic heterocycles. The molecule has 4 nitrogen and oxygen atoms in total. The molecule has 0 aliphatic carbocycles. The SMILES string of the molecule is COc1cccc(C(=O)NCCC2(c3ccc(C)cc3)CCOC(C)(C)C2)c1. The van der Waals surface area contributed by atoms with Crippen LogP contribution in [0.25, 0.3) is 0 Å². The molecule has 2 aromatic rings. The van der Waals surface area contributed by atoms with Crippen molar-refractivity contribution in [3.05, 3.63) is 65.2 Å². The van der Waals surface area contributed by atoms with Gasteiger partial charge < -0.3 is 14.8 Å². The first-order valence-electron chi connectivity index (χ1n) is 9.97. The van der Waals surface area contributed by atoms with E-state index in [2.05, 4.69) is 50.4 Å². The van der Waals surface area contributed by atoms with Gasteiger partial charge in [0.1, 0.15) is 5.75 Å². The van der Waals surface area contributed by atoms with Crippen LogP contribution >= 0.6 is 0 Å². The van der Waals surface area contributed by atoms with Crippen molar-refractivity contribution in [1.29, 1.82) is 0 Å². The Bertz CT molecular complexity index is 813. The van der Waals surface area contributed by atoms with Crippen LogP contribution in [0.4, 0.5) is 0 Å². The maximum Gasteiger partial charge on any atom is 0.251 e. The molecule has 1 N–H and O–H groups in total. The highest BCUT2D eigenvalue weighted by Gasteiger charge is 2.41. The summed E-state index contributed by atoms with van der Waals surface area (Å²) in [4.78, 5) is 12.6. The smallest absolute Gasteiger partial charge is 0.251 e. The number of carbonyl (C=O) groups excluding carboxylic acids is 1. The minimum Gasteiger partial charge on any atom is -0.497 e. The first kappa shape index (κ1) is 20.4. The van der Waals surface area contributed by atoms with Gasteiger partial charge in [0.15, 0.2) is 0 Å². The highest BCUT2D eigenvalue weighted by molar-refractivity contribution is 5.94. The molecule has 1 aliphatic rings. The minimum atomic E-state index is -0.167. The molecule has 0 aromatic heterocycles. The van der Waals surface area contributed by atoms with Gasteiger partial charge in [0.2, 0.25) is 0 Å². The Morgan fingerprint density at radius 3 is 2.61 bits per heavy atom. The number of rotatable bonds is 6. The molecular formula is C24H31NO3. The summed E-state index contributed by atoms with van der Waals surface area (Å²) in [5.41, 5.74) is 3.06. The summed E-state index contributed by atoms with van der Waals surface area (Å²) >= 11 is 0. The number of amides is 1. The molecule has 1 atom stereocenters. The average molecular weight is 382 g/mol. The number of ether oxygens (including phenoxy) is 2. The second-order valence-electron chi connectivity index (χ2n) is 8.42. The van der Waals surface area contributed by atoms with Gasteiger partial charge in [0.05, 0.1) is 12.7 Å². The Hall–Kier alpha value is -2.33. The third-order valence-electron chi connectivity index (χ3n) is 5.72. The fourth-order valence-electron chi connectivity index (χ4n) is 4.27. The Kier molecular flexibility index (Phi) is 6.09. The molecule has 1 heterocycles. The normalized spacial score (nSPS) is 21.1. The van der Waals surface area contributed by atoms with E-state index in [9.17, 15) is 4.79 Å². The molecule has 4 heteroatoms. The van der Waals surface area contributed by atoms with Gasteiger partial charge in [-0.15, -0.1) is 0 Å². The van der Waals surface area contributed by atoms with Crippen LogP contribution < -0.4 is 10.1 Å². The van der Waals surface area contributed by atoms with Crippen molar-refractivity contribution in [2.45, 2.75) is 51.0 Å². The fraction of sp³-hybridized carbons (Fsp3) is 0.458. The van der Waals surface area contributed by atoms with E-state index in [-0.39, 0.29) is 16.9 Å². The number of aryl methyl sites for hydroxylation is 1. The quantitative estimate of drug-likeness (QED) is 0.792. The summed E-state index contributed by atoms with van der Waals surface area (Å²) in [6.07, 6.45) is 2.80. The molecule has 1 saturated heterocycles. The van der Waals surface area contributed by atoms with Crippen molar-refractivity contribution in [3.63, 3.8) is 0 Å². The van der Waals surface area contributed by atoms with E-state index in [0.29, 0.717) is 17.9 Å².